The van der Waals surface area contributed by atoms with Crippen LogP contribution in [0.3, 0.4) is 0 Å². The van der Waals surface area contributed by atoms with Gasteiger partial charge in [-0.15, -0.1) is 0 Å². The normalized spacial score (nSPS) is 16.8. The molecule has 1 unspecified atom stereocenters. The number of nitrogens with zero attached hydrogens (tertiary/aromatic N) is 5. The Morgan fingerprint density at radius 1 is 1.50 bits per heavy atom. The highest BCUT2D eigenvalue weighted by molar-refractivity contribution is 7.10. The lowest BCUT2D eigenvalue weighted by atomic mass is 10.1. The van der Waals surface area contributed by atoms with Crippen LogP contribution in [0.2, 0.25) is 0 Å². The average molecular weight is 371 g/mol. The zero-order valence-electron chi connectivity index (χ0n) is 14.8. The Morgan fingerprint density at radius 3 is 3.08 bits per heavy atom. The van der Waals surface area contributed by atoms with Crippen molar-refractivity contribution in [3.05, 3.63) is 23.5 Å². The van der Waals surface area contributed by atoms with Crippen LogP contribution >= 0.6 is 11.5 Å². The van der Waals surface area contributed by atoms with Crippen LogP contribution in [-0.2, 0) is 4.79 Å². The van der Waals surface area contributed by atoms with Gasteiger partial charge in [-0.3, -0.25) is 4.79 Å². The second kappa shape index (κ2) is 8.10. The minimum absolute atomic E-state index is 0.0679. The summed E-state index contributed by atoms with van der Waals surface area (Å²) in [5, 5.41) is 16.2. The van der Waals surface area contributed by atoms with Crippen LogP contribution in [0.5, 0.6) is 0 Å². The van der Waals surface area contributed by atoms with Gasteiger partial charge in [0.05, 0.1) is 11.8 Å². The lowest BCUT2D eigenvalue weighted by molar-refractivity contribution is -0.131. The first-order valence-electron chi connectivity index (χ1n) is 8.50. The van der Waals surface area contributed by atoms with Crippen LogP contribution in [0, 0.1) is 25.2 Å². The van der Waals surface area contributed by atoms with Crippen molar-refractivity contribution in [2.45, 2.75) is 39.2 Å². The first kappa shape index (κ1) is 18.1. The summed E-state index contributed by atoms with van der Waals surface area (Å²) in [7, 11) is 0. The average Bonchev–Trinajstić information content (AvgIpc) is 3.03. The second-order valence-corrected chi connectivity index (χ2v) is 7.15. The quantitative estimate of drug-likeness (QED) is 0.832. The maximum absolute atomic E-state index is 12.0. The summed E-state index contributed by atoms with van der Waals surface area (Å²) in [6.45, 7) is 5.18. The van der Waals surface area contributed by atoms with Gasteiger partial charge < -0.3 is 15.5 Å². The molecule has 0 aromatic carbocycles. The Hall–Kier alpha value is -2.73. The SMILES string of the molecule is Cc1cc(Nc2ncc(C)c(NC3CCCN(C(=O)CC#N)C3)n2)sn1. The third kappa shape index (κ3) is 4.46. The van der Waals surface area contributed by atoms with Gasteiger partial charge >= 0.3 is 0 Å². The molecule has 2 N–H and O–H groups in total. The van der Waals surface area contributed by atoms with E-state index in [4.69, 9.17) is 5.26 Å². The number of aromatic nitrogens is 3. The summed E-state index contributed by atoms with van der Waals surface area (Å²) in [6.07, 6.45) is 3.56. The number of rotatable bonds is 5. The molecule has 9 heteroatoms. The molecule has 8 nitrogen and oxygen atoms in total. The number of carbonyl (C=O) groups excluding carboxylic acids is 1. The Kier molecular flexibility index (Phi) is 5.63. The number of aryl methyl sites for hydroxylation is 2. The van der Waals surface area contributed by atoms with Crippen LogP contribution in [0.25, 0.3) is 0 Å². The molecule has 1 amide bonds. The number of hydrogen-bond donors (Lipinski definition) is 2. The lowest BCUT2D eigenvalue weighted by Gasteiger charge is -2.33. The van der Waals surface area contributed by atoms with Crippen molar-refractivity contribution in [2.75, 3.05) is 23.7 Å². The van der Waals surface area contributed by atoms with Crippen molar-refractivity contribution < 1.29 is 4.79 Å². The highest BCUT2D eigenvalue weighted by atomic mass is 32.1. The van der Waals surface area contributed by atoms with E-state index in [0.29, 0.717) is 19.0 Å². The number of hydrogen-bond acceptors (Lipinski definition) is 8. The van der Waals surface area contributed by atoms with Crippen LogP contribution in [0.1, 0.15) is 30.5 Å². The fraction of sp³-hybridized carbons (Fsp3) is 0.471. The van der Waals surface area contributed by atoms with Crippen molar-refractivity contribution >= 4 is 34.2 Å². The van der Waals surface area contributed by atoms with Gasteiger partial charge in [0.15, 0.2) is 0 Å². The number of likely N-dealkylation sites (tertiary alicyclic amines) is 1. The summed E-state index contributed by atoms with van der Waals surface area (Å²) < 4.78 is 4.23. The standard InChI is InChI=1S/C17H21N7OS/c1-11-9-19-17(21-14-8-12(2)23-26-14)22-16(11)20-13-4-3-7-24(10-13)15(25)5-6-18/h8-9,13H,3-5,7,10H2,1-2H3,(H2,19,20,21,22). The fourth-order valence-corrected chi connectivity index (χ4v) is 3.53. The van der Waals surface area contributed by atoms with Crippen LogP contribution < -0.4 is 10.6 Å². The van der Waals surface area contributed by atoms with Crippen LogP contribution in [0.15, 0.2) is 12.3 Å². The van der Waals surface area contributed by atoms with Gasteiger partial charge in [-0.25, -0.2) is 4.98 Å². The van der Waals surface area contributed by atoms with Crippen molar-refractivity contribution in [2.24, 2.45) is 0 Å². The third-order valence-electron chi connectivity index (χ3n) is 4.18. The number of nitriles is 1. The number of amides is 1. The molecule has 0 saturated carbocycles. The molecule has 1 atom stereocenters. The highest BCUT2D eigenvalue weighted by Gasteiger charge is 2.24. The Morgan fingerprint density at radius 2 is 2.35 bits per heavy atom. The van der Waals surface area contributed by atoms with Gasteiger partial charge in [0, 0.05) is 30.9 Å². The second-order valence-electron chi connectivity index (χ2n) is 6.34. The van der Waals surface area contributed by atoms with Crippen LogP contribution in [0.4, 0.5) is 16.8 Å². The van der Waals surface area contributed by atoms with Gasteiger partial charge in [0.2, 0.25) is 11.9 Å². The predicted octanol–water partition coefficient (Wildman–Crippen LogP) is 2.61. The summed E-state index contributed by atoms with van der Waals surface area (Å²) >= 11 is 1.37. The molecular weight excluding hydrogens is 350 g/mol. The van der Waals surface area contributed by atoms with Crippen molar-refractivity contribution in [3.8, 4) is 6.07 Å². The van der Waals surface area contributed by atoms with E-state index in [9.17, 15) is 4.79 Å². The minimum atomic E-state index is -0.110. The first-order chi connectivity index (χ1) is 12.5. The van der Waals surface area contributed by atoms with E-state index in [1.54, 1.807) is 11.1 Å². The molecule has 1 aliphatic rings. The molecule has 2 aromatic heterocycles. The number of piperidine rings is 1. The molecule has 1 fully saturated rings. The molecule has 3 rings (SSSR count). The largest absolute Gasteiger partial charge is 0.365 e. The minimum Gasteiger partial charge on any atom is -0.365 e. The smallest absolute Gasteiger partial charge is 0.236 e. The highest BCUT2D eigenvalue weighted by Crippen LogP contribution is 2.22. The van der Waals surface area contributed by atoms with Gasteiger partial charge in [-0.1, -0.05) is 0 Å². The van der Waals surface area contributed by atoms with Gasteiger partial charge in [-0.2, -0.15) is 14.6 Å². The molecule has 0 radical (unpaired) electrons. The van der Waals surface area contributed by atoms with Crippen molar-refractivity contribution in [1.82, 2.24) is 19.2 Å². The zero-order valence-corrected chi connectivity index (χ0v) is 15.6. The van der Waals surface area contributed by atoms with E-state index in [1.165, 1.54) is 11.5 Å². The predicted molar refractivity (Wildman–Crippen MR) is 100 cm³/mol. The van der Waals surface area contributed by atoms with Gasteiger partial charge in [-0.05, 0) is 44.3 Å². The topological polar surface area (TPSA) is 107 Å². The Balaban J connectivity index is 1.67. The molecule has 0 bridgehead atoms. The molecule has 136 valence electrons. The van der Waals surface area contributed by atoms with E-state index in [2.05, 4.69) is 25.0 Å². The Bertz CT molecular complexity index is 829. The molecule has 0 spiro atoms. The Labute approximate surface area is 156 Å². The van der Waals surface area contributed by atoms with Crippen molar-refractivity contribution in [3.63, 3.8) is 0 Å². The van der Waals surface area contributed by atoms with E-state index in [-0.39, 0.29) is 18.4 Å². The van der Waals surface area contributed by atoms with E-state index >= 15 is 0 Å². The zero-order chi connectivity index (χ0) is 18.5. The number of nitrogens with one attached hydrogen (secondary N) is 2. The molecule has 1 aliphatic heterocycles. The molecule has 26 heavy (non-hydrogen) atoms. The third-order valence-corrected chi connectivity index (χ3v) is 4.98. The molecule has 3 heterocycles. The lowest BCUT2D eigenvalue weighted by Crippen LogP contribution is -2.45. The van der Waals surface area contributed by atoms with E-state index in [0.717, 1.165) is 34.9 Å². The monoisotopic (exact) mass is 371 g/mol. The van der Waals surface area contributed by atoms with Gasteiger partial charge in [0.25, 0.3) is 0 Å². The summed E-state index contributed by atoms with van der Waals surface area (Å²) in [6, 6.07) is 3.98. The fourth-order valence-electron chi connectivity index (χ4n) is 2.88. The molecular formula is C17H21N7OS. The summed E-state index contributed by atoms with van der Waals surface area (Å²) in [5.74, 6) is 1.15. The van der Waals surface area contributed by atoms with Crippen LogP contribution in [-0.4, -0.2) is 44.3 Å². The van der Waals surface area contributed by atoms with E-state index < -0.39 is 0 Å². The molecule has 0 aliphatic carbocycles. The number of carbonyl (C=O) groups is 1. The van der Waals surface area contributed by atoms with E-state index in [1.807, 2.05) is 26.0 Å². The first-order valence-corrected chi connectivity index (χ1v) is 9.27. The molecule has 2 aromatic rings. The maximum atomic E-state index is 12.0. The van der Waals surface area contributed by atoms with Gasteiger partial charge in [0.1, 0.15) is 17.2 Å². The summed E-state index contributed by atoms with van der Waals surface area (Å²) in [5.41, 5.74) is 1.89. The molecule has 1 saturated heterocycles. The van der Waals surface area contributed by atoms with Crippen molar-refractivity contribution in [1.29, 1.82) is 5.26 Å². The number of anilines is 3. The summed E-state index contributed by atoms with van der Waals surface area (Å²) in [4.78, 5) is 22.6. The maximum Gasteiger partial charge on any atom is 0.236 e.